The molecule has 4 N–H and O–H groups in total. The van der Waals surface area contributed by atoms with Gasteiger partial charge in [-0.1, -0.05) is 12.2 Å². The summed E-state index contributed by atoms with van der Waals surface area (Å²) in [7, 11) is -8.19. The lowest BCUT2D eigenvalue weighted by Crippen LogP contribution is -2.25. The standard InChI is InChI=1S/C17H30NO9P.C5H10NO5P/c1-13(19)18(22)9-8-10-28(23,26-11-24-14(20)16(2,3)4)27-12-25-15(21)17(5,6)7;1-5(7)6(8)3-2-4-12(9,10)11/h8,10,22H,9,11-12H2,1-7H3;2,4,8H,3H2,1H3,(H2,9,10,11)/b10-8+;4-2+. The van der Waals surface area contributed by atoms with Gasteiger partial charge in [0.1, 0.15) is 0 Å². The van der Waals surface area contributed by atoms with Gasteiger partial charge in [0.2, 0.25) is 25.4 Å². The van der Waals surface area contributed by atoms with Gasteiger partial charge in [0, 0.05) is 25.5 Å². The monoisotopic (exact) mass is 618 g/mol. The number of amides is 2. The molecule has 0 heterocycles. The second-order valence-electron chi connectivity index (χ2n) is 9.96. The second-order valence-corrected chi connectivity index (χ2v) is 13.3. The van der Waals surface area contributed by atoms with Crippen LogP contribution in [0.5, 0.6) is 0 Å². The Bertz CT molecular complexity index is 972. The zero-order valence-electron chi connectivity index (χ0n) is 23.8. The zero-order chi connectivity index (χ0) is 31.9. The number of ether oxygens (including phenoxy) is 2. The second kappa shape index (κ2) is 17.4. The molecule has 0 aromatic carbocycles. The molecular weight excluding hydrogens is 578 g/mol. The SMILES string of the molecule is CC(=O)N(O)C/C=C/P(=O)(O)O.CC(=O)N(O)C/C=C/P(=O)(OCOC(=O)C(C)(C)C)OCOC(=O)C(C)(C)C. The van der Waals surface area contributed by atoms with Gasteiger partial charge in [0.25, 0.3) is 0 Å². The summed E-state index contributed by atoms with van der Waals surface area (Å²) in [5, 5.41) is 18.7. The number of hydrogen-bond donors (Lipinski definition) is 4. The first-order valence-electron chi connectivity index (χ1n) is 11.5. The molecule has 0 unspecified atom stereocenters. The zero-order valence-corrected chi connectivity index (χ0v) is 25.6. The topological polar surface area (TPSA) is 227 Å². The molecule has 16 nitrogen and oxygen atoms in total. The van der Waals surface area contributed by atoms with Crippen molar-refractivity contribution in [1.82, 2.24) is 10.1 Å². The van der Waals surface area contributed by atoms with Crippen LogP contribution >= 0.6 is 15.2 Å². The molecule has 0 aliphatic heterocycles. The minimum absolute atomic E-state index is 0.236. The van der Waals surface area contributed by atoms with Crippen LogP contribution in [0.3, 0.4) is 0 Å². The van der Waals surface area contributed by atoms with Crippen molar-refractivity contribution in [3.63, 3.8) is 0 Å². The lowest BCUT2D eigenvalue weighted by Gasteiger charge is -2.20. The minimum atomic E-state index is -4.18. The third kappa shape index (κ3) is 20.5. The maximum Gasteiger partial charge on any atom is 0.359 e. The fraction of sp³-hybridized carbons (Fsp3) is 0.636. The van der Waals surface area contributed by atoms with Crippen molar-refractivity contribution in [2.45, 2.75) is 55.4 Å². The number of rotatable bonds is 12. The number of hydrogen-bond acceptors (Lipinski definition) is 12. The smallest absolute Gasteiger partial charge is 0.359 e. The van der Waals surface area contributed by atoms with Crippen LogP contribution in [0, 0.1) is 10.8 Å². The Morgan fingerprint density at radius 2 is 1.02 bits per heavy atom. The molecule has 0 aliphatic carbocycles. The summed E-state index contributed by atoms with van der Waals surface area (Å²) in [6.07, 6.45) is 2.18. The highest BCUT2D eigenvalue weighted by atomic mass is 31.2. The van der Waals surface area contributed by atoms with E-state index in [-0.39, 0.29) is 13.1 Å². The highest BCUT2D eigenvalue weighted by molar-refractivity contribution is 7.57. The lowest BCUT2D eigenvalue weighted by molar-refractivity contribution is -0.162. The summed E-state index contributed by atoms with van der Waals surface area (Å²) in [5.74, 6) is -0.792. The number of hydroxylamine groups is 4. The molecule has 0 aliphatic rings. The predicted molar refractivity (Wildman–Crippen MR) is 139 cm³/mol. The van der Waals surface area contributed by atoms with Crippen LogP contribution in [0.1, 0.15) is 55.4 Å². The minimum Gasteiger partial charge on any atom is -0.438 e. The summed E-state index contributed by atoms with van der Waals surface area (Å²) < 4.78 is 42.8. The van der Waals surface area contributed by atoms with E-state index in [4.69, 9.17) is 33.5 Å². The predicted octanol–water partition coefficient (Wildman–Crippen LogP) is 2.97. The van der Waals surface area contributed by atoms with Crippen molar-refractivity contribution in [1.29, 1.82) is 0 Å². The first kappa shape index (κ1) is 39.7. The molecule has 0 atom stereocenters. The highest BCUT2D eigenvalue weighted by Gasteiger charge is 2.28. The van der Waals surface area contributed by atoms with E-state index >= 15 is 0 Å². The Hall–Kier alpha value is -2.42. The van der Waals surface area contributed by atoms with Crippen molar-refractivity contribution in [3.05, 3.63) is 23.8 Å². The molecule has 18 heteroatoms. The molecule has 0 aromatic heterocycles. The van der Waals surface area contributed by atoms with Gasteiger partial charge in [-0.3, -0.25) is 47.8 Å². The maximum atomic E-state index is 12.7. The van der Waals surface area contributed by atoms with E-state index in [1.54, 1.807) is 41.5 Å². The van der Waals surface area contributed by atoms with Crippen LogP contribution in [0.2, 0.25) is 0 Å². The molecule has 0 bridgehead atoms. The quantitative estimate of drug-likeness (QED) is 0.0811. The number of nitrogens with zero attached hydrogens (tertiary/aromatic N) is 2. The Labute approximate surface area is 233 Å². The third-order valence-corrected chi connectivity index (χ3v) is 6.05. The molecule has 40 heavy (non-hydrogen) atoms. The maximum absolute atomic E-state index is 12.7. The van der Waals surface area contributed by atoms with Crippen molar-refractivity contribution in [2.75, 3.05) is 26.7 Å². The summed E-state index contributed by atoms with van der Waals surface area (Å²) in [5.41, 5.74) is -1.57. The van der Waals surface area contributed by atoms with Crippen LogP contribution in [0.15, 0.2) is 23.8 Å². The first-order valence-corrected chi connectivity index (χ1v) is 14.8. The molecule has 0 radical (unpaired) electrons. The van der Waals surface area contributed by atoms with Gasteiger partial charge in [0.15, 0.2) is 0 Å². The summed E-state index contributed by atoms with van der Waals surface area (Å²) in [6, 6.07) is 0. The summed E-state index contributed by atoms with van der Waals surface area (Å²) in [4.78, 5) is 61.4. The molecule has 0 aromatic rings. The van der Waals surface area contributed by atoms with E-state index in [0.717, 1.165) is 25.7 Å². The first-order chi connectivity index (χ1) is 17.9. The van der Waals surface area contributed by atoms with Gasteiger partial charge < -0.3 is 19.3 Å². The fourth-order valence-electron chi connectivity index (χ4n) is 1.68. The van der Waals surface area contributed by atoms with Gasteiger partial charge in [0.05, 0.1) is 23.9 Å². The van der Waals surface area contributed by atoms with Crippen LogP contribution in [-0.4, -0.2) is 80.8 Å². The molecule has 0 rings (SSSR count). The van der Waals surface area contributed by atoms with E-state index in [2.05, 4.69) is 0 Å². The van der Waals surface area contributed by atoms with Crippen LogP contribution in [-0.2, 0) is 46.8 Å². The number of carbonyl (C=O) groups is 4. The Morgan fingerprint density at radius 3 is 1.30 bits per heavy atom. The molecular formula is C22H40N2O14P2. The van der Waals surface area contributed by atoms with Gasteiger partial charge >= 0.3 is 27.1 Å². The van der Waals surface area contributed by atoms with Gasteiger partial charge in [-0.25, -0.2) is 10.1 Å². The molecule has 0 saturated heterocycles. The van der Waals surface area contributed by atoms with E-state index < -0.39 is 63.4 Å². The largest absolute Gasteiger partial charge is 0.438 e. The van der Waals surface area contributed by atoms with Crippen molar-refractivity contribution in [2.24, 2.45) is 10.8 Å². The molecule has 0 spiro atoms. The van der Waals surface area contributed by atoms with Gasteiger partial charge in [-0.05, 0) is 41.5 Å². The van der Waals surface area contributed by atoms with Crippen LogP contribution in [0.4, 0.5) is 0 Å². The fourth-order valence-corrected chi connectivity index (χ4v) is 3.05. The number of esters is 2. The third-order valence-electron chi connectivity index (χ3n) is 3.94. The van der Waals surface area contributed by atoms with Gasteiger partial charge in [-0.15, -0.1) is 0 Å². The highest BCUT2D eigenvalue weighted by Crippen LogP contribution is 2.50. The Balaban J connectivity index is 0. The normalized spacial score (nSPS) is 12.5. The van der Waals surface area contributed by atoms with E-state index in [0.29, 0.717) is 15.9 Å². The number of carbonyl (C=O) groups excluding carboxylic acids is 4. The molecule has 0 fully saturated rings. The van der Waals surface area contributed by atoms with Crippen LogP contribution < -0.4 is 0 Å². The average molecular weight is 619 g/mol. The van der Waals surface area contributed by atoms with E-state index in [1.165, 1.54) is 6.08 Å². The average Bonchev–Trinajstić information content (AvgIpc) is 2.76. The molecule has 2 amide bonds. The van der Waals surface area contributed by atoms with E-state index in [1.807, 2.05) is 0 Å². The van der Waals surface area contributed by atoms with Gasteiger partial charge in [-0.2, -0.15) is 0 Å². The van der Waals surface area contributed by atoms with E-state index in [9.17, 15) is 33.5 Å². The van der Waals surface area contributed by atoms with Crippen molar-refractivity contribution >= 4 is 38.9 Å². The molecule has 232 valence electrons. The van der Waals surface area contributed by atoms with Crippen molar-refractivity contribution < 1.29 is 67.0 Å². The summed E-state index contributed by atoms with van der Waals surface area (Å²) in [6.45, 7) is 10.2. The Kier molecular flexibility index (Phi) is 17.3. The van der Waals surface area contributed by atoms with Crippen molar-refractivity contribution in [3.8, 4) is 0 Å². The summed E-state index contributed by atoms with van der Waals surface area (Å²) >= 11 is 0. The Morgan fingerprint density at radius 1 is 0.700 bits per heavy atom. The lowest BCUT2D eigenvalue weighted by atomic mass is 9.98. The molecule has 0 saturated carbocycles. The van der Waals surface area contributed by atoms with Crippen LogP contribution in [0.25, 0.3) is 0 Å².